The maximum atomic E-state index is 13.8. The Kier molecular flexibility index (Phi) is 3.20. The molecule has 1 N–H and O–H groups in total. The Balaban J connectivity index is 2.59. The van der Waals surface area contributed by atoms with E-state index in [1.807, 2.05) is 0 Å². The molecule has 0 unspecified atom stereocenters. The number of hydrogen-bond acceptors (Lipinski definition) is 3. The summed E-state index contributed by atoms with van der Waals surface area (Å²) in [5.74, 6) is -0.593. The van der Waals surface area contributed by atoms with Crippen LogP contribution in [0.4, 0.5) is 9.18 Å². The molecule has 1 aromatic carbocycles. The monoisotopic (exact) mass is 265 g/mol. The van der Waals surface area contributed by atoms with Gasteiger partial charge in [0.2, 0.25) is 0 Å². The van der Waals surface area contributed by atoms with Gasteiger partial charge in [-0.15, -0.1) is 0 Å². The van der Waals surface area contributed by atoms with Crippen LogP contribution in [0.1, 0.15) is 18.5 Å². The van der Waals surface area contributed by atoms with Crippen molar-refractivity contribution < 1.29 is 14.1 Å². The summed E-state index contributed by atoms with van der Waals surface area (Å²) in [6.07, 6.45) is 0. The molecule has 0 radical (unpaired) electrons. The Morgan fingerprint density at radius 1 is 1.42 bits per heavy atom. The molecule has 1 heterocycles. The number of nitro groups is 1. The van der Waals surface area contributed by atoms with Crippen LogP contribution in [0.5, 0.6) is 0 Å². The molecule has 0 fully saturated rings. The van der Waals surface area contributed by atoms with Crippen LogP contribution in [-0.2, 0) is 0 Å². The fraction of sp³-hybridized carbons (Fsp3) is 0.250. The number of rotatable bonds is 2. The van der Waals surface area contributed by atoms with Crippen LogP contribution >= 0.6 is 0 Å². The lowest BCUT2D eigenvalue weighted by molar-refractivity contribution is -0.433. The molecular weight excluding hydrogens is 253 g/mol. The van der Waals surface area contributed by atoms with Crippen LogP contribution in [0.25, 0.3) is 0 Å². The number of urea groups is 1. The third-order valence-corrected chi connectivity index (χ3v) is 3.13. The van der Waals surface area contributed by atoms with Gasteiger partial charge in [-0.25, -0.2) is 9.18 Å². The molecule has 0 bridgehead atoms. The molecule has 0 saturated heterocycles. The quantitative estimate of drug-likeness (QED) is 0.656. The van der Waals surface area contributed by atoms with E-state index < -0.39 is 22.8 Å². The van der Waals surface area contributed by atoms with Gasteiger partial charge in [-0.3, -0.25) is 15.0 Å². The molecule has 1 aliphatic heterocycles. The highest BCUT2D eigenvalue weighted by atomic mass is 19.1. The Bertz CT molecular complexity index is 585. The number of allylic oxidation sites excluding steroid dienone is 1. The molecule has 2 rings (SSSR count). The first-order valence-electron chi connectivity index (χ1n) is 5.57. The molecular formula is C12H12FN3O3. The molecule has 0 spiro atoms. The van der Waals surface area contributed by atoms with Gasteiger partial charge in [0.05, 0.1) is 10.6 Å². The SMILES string of the molecule is CC1=C([N+](=O)[O-])[C@H](c2ccccc2F)NC(=O)N1C. The molecule has 2 amide bonds. The van der Waals surface area contributed by atoms with Crippen LogP contribution in [-0.4, -0.2) is 22.9 Å². The predicted molar refractivity (Wildman–Crippen MR) is 65.1 cm³/mol. The van der Waals surface area contributed by atoms with Gasteiger partial charge in [-0.05, 0) is 13.0 Å². The topological polar surface area (TPSA) is 75.5 Å². The lowest BCUT2D eigenvalue weighted by Crippen LogP contribution is -2.46. The number of hydrogen-bond donors (Lipinski definition) is 1. The Hall–Kier alpha value is -2.44. The van der Waals surface area contributed by atoms with E-state index in [2.05, 4.69) is 5.32 Å². The molecule has 1 aliphatic rings. The minimum Gasteiger partial charge on any atom is -0.320 e. The van der Waals surface area contributed by atoms with Crippen molar-refractivity contribution in [3.05, 3.63) is 57.2 Å². The summed E-state index contributed by atoms with van der Waals surface area (Å²) >= 11 is 0. The number of halogens is 1. The fourth-order valence-corrected chi connectivity index (χ4v) is 1.99. The summed E-state index contributed by atoms with van der Waals surface area (Å²) in [7, 11) is 1.42. The zero-order valence-electron chi connectivity index (χ0n) is 10.4. The van der Waals surface area contributed by atoms with Crippen molar-refractivity contribution >= 4 is 6.03 Å². The molecule has 6 nitrogen and oxygen atoms in total. The van der Waals surface area contributed by atoms with E-state index in [0.29, 0.717) is 0 Å². The summed E-state index contributed by atoms with van der Waals surface area (Å²) in [6, 6.07) is 4.08. The second kappa shape index (κ2) is 4.68. The summed E-state index contributed by atoms with van der Waals surface area (Å²) in [5, 5.41) is 13.6. The molecule has 1 atom stereocenters. The number of nitrogens with one attached hydrogen (secondary N) is 1. The van der Waals surface area contributed by atoms with Crippen molar-refractivity contribution in [1.29, 1.82) is 0 Å². The zero-order valence-corrected chi connectivity index (χ0v) is 10.4. The van der Waals surface area contributed by atoms with Gasteiger partial charge in [0.1, 0.15) is 5.82 Å². The van der Waals surface area contributed by atoms with E-state index >= 15 is 0 Å². The van der Waals surface area contributed by atoms with Crippen LogP contribution in [0.3, 0.4) is 0 Å². The second-order valence-electron chi connectivity index (χ2n) is 4.19. The van der Waals surface area contributed by atoms with Crippen LogP contribution < -0.4 is 5.32 Å². The summed E-state index contributed by atoms with van der Waals surface area (Å²) in [5.41, 5.74) is 0.0456. The van der Waals surface area contributed by atoms with Crippen LogP contribution in [0.2, 0.25) is 0 Å². The van der Waals surface area contributed by atoms with E-state index in [1.165, 1.54) is 32.2 Å². The maximum absolute atomic E-state index is 13.8. The molecule has 0 aliphatic carbocycles. The minimum absolute atomic E-state index is 0.0787. The number of carbonyl (C=O) groups excluding carboxylic acids is 1. The highest BCUT2D eigenvalue weighted by molar-refractivity contribution is 5.78. The number of benzene rings is 1. The summed E-state index contributed by atoms with van der Waals surface area (Å²) in [6.45, 7) is 1.46. The first-order chi connectivity index (χ1) is 8.93. The van der Waals surface area contributed by atoms with Gasteiger partial charge in [0.15, 0.2) is 6.04 Å². The number of amides is 2. The van der Waals surface area contributed by atoms with E-state index in [0.717, 1.165) is 4.90 Å². The highest BCUT2D eigenvalue weighted by Gasteiger charge is 2.39. The van der Waals surface area contributed by atoms with Crippen molar-refractivity contribution in [2.75, 3.05) is 7.05 Å². The third-order valence-electron chi connectivity index (χ3n) is 3.13. The highest BCUT2D eigenvalue weighted by Crippen LogP contribution is 2.31. The average Bonchev–Trinajstić information content (AvgIpc) is 2.35. The molecule has 7 heteroatoms. The van der Waals surface area contributed by atoms with Crippen molar-refractivity contribution in [3.8, 4) is 0 Å². The van der Waals surface area contributed by atoms with Gasteiger partial charge in [-0.1, -0.05) is 18.2 Å². The fourth-order valence-electron chi connectivity index (χ4n) is 1.99. The van der Waals surface area contributed by atoms with Crippen LogP contribution in [0, 0.1) is 15.9 Å². The standard InChI is InChI=1S/C12H12FN3O3/c1-7-11(16(18)19)10(14-12(17)15(7)2)8-5-3-4-6-9(8)13/h3-6,10H,1-2H3,(H,14,17)/t10-/m0/s1. The van der Waals surface area contributed by atoms with Crippen molar-refractivity contribution in [2.24, 2.45) is 0 Å². The van der Waals surface area contributed by atoms with Gasteiger partial charge < -0.3 is 5.32 Å². The Morgan fingerprint density at radius 3 is 2.63 bits per heavy atom. The van der Waals surface area contributed by atoms with E-state index in [1.54, 1.807) is 6.07 Å². The minimum atomic E-state index is -1.08. The normalized spacial score (nSPS) is 19.4. The lowest BCUT2D eigenvalue weighted by atomic mass is 10.0. The van der Waals surface area contributed by atoms with E-state index in [4.69, 9.17) is 0 Å². The summed E-state index contributed by atoms with van der Waals surface area (Å²) in [4.78, 5) is 23.4. The van der Waals surface area contributed by atoms with Gasteiger partial charge in [0.25, 0.3) is 5.70 Å². The van der Waals surface area contributed by atoms with Gasteiger partial charge in [-0.2, -0.15) is 0 Å². The van der Waals surface area contributed by atoms with Gasteiger partial charge in [0, 0.05) is 12.6 Å². The van der Waals surface area contributed by atoms with E-state index in [-0.39, 0.29) is 17.0 Å². The largest absolute Gasteiger partial charge is 0.322 e. The lowest BCUT2D eigenvalue weighted by Gasteiger charge is -2.29. The van der Waals surface area contributed by atoms with Crippen LogP contribution in [0.15, 0.2) is 35.7 Å². The average molecular weight is 265 g/mol. The second-order valence-corrected chi connectivity index (χ2v) is 4.19. The van der Waals surface area contributed by atoms with Crippen molar-refractivity contribution in [3.63, 3.8) is 0 Å². The third kappa shape index (κ3) is 2.14. The first kappa shape index (κ1) is 13.0. The predicted octanol–water partition coefficient (Wildman–Crippen LogP) is 2.03. The molecule has 100 valence electrons. The van der Waals surface area contributed by atoms with E-state index in [9.17, 15) is 19.3 Å². The van der Waals surface area contributed by atoms with Crippen molar-refractivity contribution in [2.45, 2.75) is 13.0 Å². The molecule has 0 saturated carbocycles. The summed E-state index contributed by atoms with van der Waals surface area (Å²) < 4.78 is 13.8. The number of nitrogens with zero attached hydrogens (tertiary/aromatic N) is 2. The smallest absolute Gasteiger partial charge is 0.320 e. The van der Waals surface area contributed by atoms with Crippen molar-refractivity contribution in [1.82, 2.24) is 10.2 Å². The Labute approximate surface area is 108 Å². The molecule has 0 aromatic heterocycles. The maximum Gasteiger partial charge on any atom is 0.322 e. The number of carbonyl (C=O) groups is 1. The first-order valence-corrected chi connectivity index (χ1v) is 5.57. The molecule has 1 aromatic rings. The molecule has 19 heavy (non-hydrogen) atoms. The zero-order chi connectivity index (χ0) is 14.2. The van der Waals surface area contributed by atoms with Gasteiger partial charge >= 0.3 is 6.03 Å². The Morgan fingerprint density at radius 2 is 2.05 bits per heavy atom.